The van der Waals surface area contributed by atoms with Crippen LogP contribution in [0.15, 0.2) is 41.2 Å². The Morgan fingerprint density at radius 1 is 1.09 bits per heavy atom. The molecular weight excluding hydrogens is 456 g/mol. The Kier molecular flexibility index (Phi) is 5.87. The highest BCUT2D eigenvalue weighted by Gasteiger charge is 2.55. The Morgan fingerprint density at radius 2 is 1.78 bits per heavy atom. The number of rotatable bonds is 7. The minimum atomic E-state index is -3.52. The molecule has 2 aliphatic rings. The lowest BCUT2D eigenvalue weighted by molar-refractivity contribution is 0.0694. The van der Waals surface area contributed by atoms with Crippen molar-refractivity contribution in [3.63, 3.8) is 0 Å². The summed E-state index contributed by atoms with van der Waals surface area (Å²) in [6, 6.07) is 9.75. The highest BCUT2D eigenvalue weighted by molar-refractivity contribution is 7.91. The van der Waals surface area contributed by atoms with Crippen molar-refractivity contribution in [1.82, 2.24) is 19.5 Å². The number of nitrogens with one attached hydrogen (secondary N) is 2. The van der Waals surface area contributed by atoms with Gasteiger partial charge < -0.3 is 14.8 Å². The number of benzene rings is 1. The van der Waals surface area contributed by atoms with Crippen LogP contribution in [0.2, 0.25) is 5.02 Å². The zero-order chi connectivity index (χ0) is 23.1. The van der Waals surface area contributed by atoms with Gasteiger partial charge in [0.2, 0.25) is 10.0 Å². The SMILES string of the molecule is CNS(=O)(=O)C1(CN2CCn3c(ccc(C(=O)NCc4ccc(Cl)cc4)c3=O)C2=O)CC1. The van der Waals surface area contributed by atoms with E-state index >= 15 is 0 Å². The summed E-state index contributed by atoms with van der Waals surface area (Å²) in [6.07, 6.45) is 0.971. The van der Waals surface area contributed by atoms with Crippen LogP contribution < -0.4 is 15.6 Å². The monoisotopic (exact) mass is 478 g/mol. The van der Waals surface area contributed by atoms with Crippen molar-refractivity contribution in [3.05, 3.63) is 68.6 Å². The highest BCUT2D eigenvalue weighted by Crippen LogP contribution is 2.43. The normalized spacial score (nSPS) is 17.1. The van der Waals surface area contributed by atoms with Gasteiger partial charge in [-0.1, -0.05) is 23.7 Å². The molecule has 1 aromatic carbocycles. The van der Waals surface area contributed by atoms with Crippen LogP contribution >= 0.6 is 11.6 Å². The smallest absolute Gasteiger partial charge is 0.270 e. The second-order valence-electron chi connectivity index (χ2n) is 8.02. The maximum absolute atomic E-state index is 12.9. The van der Waals surface area contributed by atoms with E-state index in [2.05, 4.69) is 10.0 Å². The number of carbonyl (C=O) groups is 2. The predicted molar refractivity (Wildman–Crippen MR) is 119 cm³/mol. The van der Waals surface area contributed by atoms with Gasteiger partial charge in [-0.15, -0.1) is 0 Å². The summed E-state index contributed by atoms with van der Waals surface area (Å²) in [5, 5.41) is 3.29. The van der Waals surface area contributed by atoms with Crippen LogP contribution in [0.4, 0.5) is 0 Å². The molecule has 0 unspecified atom stereocenters. The zero-order valence-electron chi connectivity index (χ0n) is 17.4. The van der Waals surface area contributed by atoms with Gasteiger partial charge in [-0.25, -0.2) is 13.1 Å². The first kappa shape index (κ1) is 22.5. The van der Waals surface area contributed by atoms with E-state index in [1.807, 2.05) is 0 Å². The Morgan fingerprint density at radius 3 is 2.41 bits per heavy atom. The minimum absolute atomic E-state index is 0.0552. The van der Waals surface area contributed by atoms with Gasteiger partial charge in [0.1, 0.15) is 16.0 Å². The van der Waals surface area contributed by atoms with Crippen LogP contribution in [0.1, 0.15) is 39.3 Å². The molecular formula is C21H23ClN4O5S. The fraction of sp³-hybridized carbons (Fsp3) is 0.381. The molecule has 2 aromatic rings. The van der Waals surface area contributed by atoms with Crippen LogP contribution in [-0.2, 0) is 23.1 Å². The van der Waals surface area contributed by atoms with Crippen molar-refractivity contribution in [2.75, 3.05) is 20.1 Å². The summed E-state index contributed by atoms with van der Waals surface area (Å²) in [7, 11) is -2.15. The topological polar surface area (TPSA) is 118 Å². The number of pyridine rings is 1. The molecule has 2 amide bonds. The first-order valence-electron chi connectivity index (χ1n) is 10.2. The van der Waals surface area contributed by atoms with Crippen molar-refractivity contribution in [3.8, 4) is 0 Å². The third-order valence-corrected chi connectivity index (χ3v) is 8.48. The molecule has 1 aromatic heterocycles. The molecule has 0 radical (unpaired) electrons. The molecule has 0 spiro atoms. The Hall–Kier alpha value is -2.69. The summed E-state index contributed by atoms with van der Waals surface area (Å²) in [5.41, 5.74) is 0.374. The van der Waals surface area contributed by atoms with E-state index in [9.17, 15) is 22.8 Å². The average molecular weight is 479 g/mol. The Bertz CT molecular complexity index is 1240. The van der Waals surface area contributed by atoms with Crippen molar-refractivity contribution < 1.29 is 18.0 Å². The van der Waals surface area contributed by atoms with E-state index in [1.54, 1.807) is 24.3 Å². The average Bonchev–Trinajstić information content (AvgIpc) is 3.57. The molecule has 170 valence electrons. The summed E-state index contributed by atoms with van der Waals surface area (Å²) in [6.45, 7) is 0.689. The Balaban J connectivity index is 1.49. The van der Waals surface area contributed by atoms with Gasteiger partial charge in [-0.05, 0) is 49.7 Å². The van der Waals surface area contributed by atoms with E-state index in [-0.39, 0.29) is 37.4 Å². The van der Waals surface area contributed by atoms with Gasteiger partial charge in [0.05, 0.1) is 0 Å². The van der Waals surface area contributed by atoms with Gasteiger partial charge in [-0.3, -0.25) is 14.4 Å². The first-order valence-corrected chi connectivity index (χ1v) is 12.0. The zero-order valence-corrected chi connectivity index (χ0v) is 19.0. The van der Waals surface area contributed by atoms with E-state index in [1.165, 1.54) is 28.6 Å². The fourth-order valence-corrected chi connectivity index (χ4v) is 5.41. The lowest BCUT2D eigenvalue weighted by Crippen LogP contribution is -2.51. The molecule has 1 aliphatic carbocycles. The molecule has 0 bridgehead atoms. The Labute approximate surface area is 190 Å². The maximum atomic E-state index is 12.9. The molecule has 2 heterocycles. The first-order chi connectivity index (χ1) is 15.2. The number of halogens is 1. The second-order valence-corrected chi connectivity index (χ2v) is 10.7. The van der Waals surface area contributed by atoms with Crippen molar-refractivity contribution in [2.45, 2.75) is 30.7 Å². The lowest BCUT2D eigenvalue weighted by Gasteiger charge is -2.32. The number of fused-ring (bicyclic) bond motifs is 1. The van der Waals surface area contributed by atoms with E-state index < -0.39 is 32.1 Å². The standard InChI is InChI=1S/C21H23ClN4O5S/c1-23-32(30,31)21(8-9-21)13-25-10-11-26-17(20(25)29)7-6-16(19(26)28)18(27)24-12-14-2-4-15(22)5-3-14/h2-7,23H,8-13H2,1H3,(H,24,27). The van der Waals surface area contributed by atoms with Gasteiger partial charge in [0, 0.05) is 31.2 Å². The van der Waals surface area contributed by atoms with Gasteiger partial charge in [0.15, 0.2) is 0 Å². The summed E-state index contributed by atoms with van der Waals surface area (Å²) in [5.74, 6) is -0.953. The largest absolute Gasteiger partial charge is 0.348 e. The van der Waals surface area contributed by atoms with Crippen molar-refractivity contribution in [1.29, 1.82) is 0 Å². The van der Waals surface area contributed by atoms with E-state index in [0.717, 1.165) is 5.56 Å². The van der Waals surface area contributed by atoms with Gasteiger partial charge in [0.25, 0.3) is 17.4 Å². The molecule has 2 N–H and O–H groups in total. The minimum Gasteiger partial charge on any atom is -0.348 e. The molecule has 1 aliphatic heterocycles. The molecule has 32 heavy (non-hydrogen) atoms. The lowest BCUT2D eigenvalue weighted by atomic mass is 10.1. The van der Waals surface area contributed by atoms with Crippen molar-refractivity contribution >= 4 is 33.4 Å². The summed E-state index contributed by atoms with van der Waals surface area (Å²) in [4.78, 5) is 39.8. The summed E-state index contributed by atoms with van der Waals surface area (Å²) >= 11 is 5.85. The number of hydrogen-bond acceptors (Lipinski definition) is 5. The number of hydrogen-bond donors (Lipinski definition) is 2. The number of sulfonamides is 1. The number of nitrogens with zero attached hydrogens (tertiary/aromatic N) is 2. The molecule has 0 atom stereocenters. The van der Waals surface area contributed by atoms with Crippen LogP contribution in [0, 0.1) is 0 Å². The molecule has 1 saturated carbocycles. The molecule has 1 fully saturated rings. The third kappa shape index (κ3) is 4.05. The van der Waals surface area contributed by atoms with Crippen molar-refractivity contribution in [2.24, 2.45) is 0 Å². The van der Waals surface area contributed by atoms with Crippen LogP contribution in [-0.4, -0.2) is 54.6 Å². The van der Waals surface area contributed by atoms with E-state index in [4.69, 9.17) is 11.6 Å². The molecule has 11 heteroatoms. The van der Waals surface area contributed by atoms with Crippen LogP contribution in [0.5, 0.6) is 0 Å². The number of carbonyl (C=O) groups excluding carboxylic acids is 2. The van der Waals surface area contributed by atoms with Gasteiger partial charge >= 0.3 is 0 Å². The summed E-state index contributed by atoms with van der Waals surface area (Å²) < 4.78 is 27.3. The highest BCUT2D eigenvalue weighted by atomic mass is 35.5. The fourth-order valence-electron chi connectivity index (χ4n) is 3.89. The second kappa shape index (κ2) is 8.34. The molecule has 4 rings (SSSR count). The molecule has 9 nitrogen and oxygen atoms in total. The maximum Gasteiger partial charge on any atom is 0.270 e. The number of amides is 2. The molecule has 0 saturated heterocycles. The predicted octanol–water partition coefficient (Wildman–Crippen LogP) is 0.969. The third-order valence-electron chi connectivity index (χ3n) is 6.01. The van der Waals surface area contributed by atoms with Crippen LogP contribution in [0.3, 0.4) is 0 Å². The van der Waals surface area contributed by atoms with Gasteiger partial charge in [-0.2, -0.15) is 0 Å². The van der Waals surface area contributed by atoms with E-state index in [0.29, 0.717) is 17.9 Å². The quantitative estimate of drug-likeness (QED) is 0.615. The van der Waals surface area contributed by atoms with Crippen LogP contribution in [0.25, 0.3) is 0 Å². The number of aromatic nitrogens is 1.